The molecule has 0 aliphatic carbocycles. The van der Waals surface area contributed by atoms with E-state index in [1.54, 1.807) is 0 Å². The number of thiocarbonyl (C=S) groups is 1. The van der Waals surface area contributed by atoms with Crippen molar-refractivity contribution in [3.63, 3.8) is 0 Å². The van der Waals surface area contributed by atoms with Crippen LogP contribution in [0, 0.1) is 5.41 Å². The number of amides is 1. The highest BCUT2D eigenvalue weighted by Crippen LogP contribution is 2.34. The molecular formula is C15H28N2O2S. The van der Waals surface area contributed by atoms with Gasteiger partial charge >= 0.3 is 0 Å². The Hall–Kier alpha value is -0.680. The predicted octanol–water partition coefficient (Wildman–Crippen LogP) is 2.50. The summed E-state index contributed by atoms with van der Waals surface area (Å²) in [6.45, 7) is 8.25. The molecule has 0 aromatic rings. The SMILES string of the molecule is CCCCN(C(=O)C1(C(N)=S)CCOCC1)C(C)CC. The molecule has 1 saturated heterocycles. The van der Waals surface area contributed by atoms with Crippen molar-refractivity contribution in [2.45, 2.75) is 58.9 Å². The summed E-state index contributed by atoms with van der Waals surface area (Å²) in [6.07, 6.45) is 4.25. The third-order valence-corrected chi connectivity index (χ3v) is 4.75. The molecule has 1 amide bonds. The van der Waals surface area contributed by atoms with Crippen LogP contribution < -0.4 is 5.73 Å². The van der Waals surface area contributed by atoms with Gasteiger partial charge in [-0.25, -0.2) is 0 Å². The first-order valence-corrected chi connectivity index (χ1v) is 8.09. The van der Waals surface area contributed by atoms with Gasteiger partial charge in [0, 0.05) is 25.8 Å². The average molecular weight is 300 g/mol. The highest BCUT2D eigenvalue weighted by Gasteiger charge is 2.45. The van der Waals surface area contributed by atoms with Crippen LogP contribution in [0.15, 0.2) is 0 Å². The number of unbranched alkanes of at least 4 members (excludes halogenated alkanes) is 1. The molecular weight excluding hydrogens is 272 g/mol. The van der Waals surface area contributed by atoms with Crippen molar-refractivity contribution in [1.29, 1.82) is 0 Å². The van der Waals surface area contributed by atoms with Gasteiger partial charge < -0.3 is 15.4 Å². The zero-order chi connectivity index (χ0) is 15.2. The molecule has 4 nitrogen and oxygen atoms in total. The highest BCUT2D eigenvalue weighted by atomic mass is 32.1. The number of nitrogens with zero attached hydrogens (tertiary/aromatic N) is 1. The standard InChI is InChI=1S/C15H28N2O2S/c1-4-6-9-17(12(3)5-2)14(18)15(13(16)20)7-10-19-11-8-15/h12H,4-11H2,1-3H3,(H2,16,20). The van der Waals surface area contributed by atoms with Crippen LogP contribution in [-0.4, -0.2) is 41.6 Å². The molecule has 0 bridgehead atoms. The lowest BCUT2D eigenvalue weighted by Crippen LogP contribution is -2.55. The molecule has 0 radical (unpaired) electrons. The zero-order valence-corrected chi connectivity index (χ0v) is 13.8. The summed E-state index contributed by atoms with van der Waals surface area (Å²) in [5.74, 6) is 0.108. The smallest absolute Gasteiger partial charge is 0.236 e. The topological polar surface area (TPSA) is 55.6 Å². The molecule has 2 N–H and O–H groups in total. The van der Waals surface area contributed by atoms with Crippen molar-refractivity contribution in [2.75, 3.05) is 19.8 Å². The van der Waals surface area contributed by atoms with E-state index in [1.807, 2.05) is 4.90 Å². The van der Waals surface area contributed by atoms with E-state index in [9.17, 15) is 4.79 Å². The molecule has 1 unspecified atom stereocenters. The van der Waals surface area contributed by atoms with Crippen LogP contribution in [0.4, 0.5) is 0 Å². The number of hydrogen-bond acceptors (Lipinski definition) is 3. The second kappa shape index (κ2) is 7.93. The van der Waals surface area contributed by atoms with E-state index < -0.39 is 5.41 Å². The molecule has 1 rings (SSSR count). The Labute approximate surface area is 128 Å². The average Bonchev–Trinajstić information content (AvgIpc) is 2.47. The van der Waals surface area contributed by atoms with E-state index >= 15 is 0 Å². The molecule has 1 fully saturated rings. The maximum atomic E-state index is 13.1. The Morgan fingerprint density at radius 3 is 2.45 bits per heavy atom. The lowest BCUT2D eigenvalue weighted by Gasteiger charge is -2.41. The molecule has 20 heavy (non-hydrogen) atoms. The number of rotatable bonds is 7. The number of ether oxygens (including phenoxy) is 1. The van der Waals surface area contributed by atoms with Gasteiger partial charge in [-0.05, 0) is 32.6 Å². The summed E-state index contributed by atoms with van der Waals surface area (Å²) >= 11 is 5.23. The van der Waals surface area contributed by atoms with E-state index in [0.717, 1.165) is 25.8 Å². The summed E-state index contributed by atoms with van der Waals surface area (Å²) in [5, 5.41) is 0. The van der Waals surface area contributed by atoms with E-state index in [2.05, 4.69) is 20.8 Å². The Morgan fingerprint density at radius 1 is 1.40 bits per heavy atom. The molecule has 0 aromatic carbocycles. The van der Waals surface area contributed by atoms with Crippen LogP contribution in [0.25, 0.3) is 0 Å². The fourth-order valence-electron chi connectivity index (χ4n) is 2.63. The van der Waals surface area contributed by atoms with Crippen LogP contribution in [-0.2, 0) is 9.53 Å². The normalized spacial score (nSPS) is 19.4. The number of carbonyl (C=O) groups is 1. The summed E-state index contributed by atoms with van der Waals surface area (Å²) in [7, 11) is 0. The maximum Gasteiger partial charge on any atom is 0.236 e. The van der Waals surface area contributed by atoms with Crippen LogP contribution in [0.3, 0.4) is 0 Å². The molecule has 116 valence electrons. The molecule has 0 saturated carbocycles. The molecule has 1 aliphatic heterocycles. The van der Waals surface area contributed by atoms with Crippen LogP contribution in [0.5, 0.6) is 0 Å². The van der Waals surface area contributed by atoms with Gasteiger partial charge in [-0.3, -0.25) is 4.79 Å². The van der Waals surface area contributed by atoms with Crippen molar-refractivity contribution < 1.29 is 9.53 Å². The van der Waals surface area contributed by atoms with E-state index in [-0.39, 0.29) is 11.9 Å². The largest absolute Gasteiger partial charge is 0.392 e. The van der Waals surface area contributed by atoms with Crippen molar-refractivity contribution in [3.05, 3.63) is 0 Å². The molecule has 5 heteroatoms. The maximum absolute atomic E-state index is 13.1. The second-order valence-corrected chi connectivity index (χ2v) is 6.11. The fraction of sp³-hybridized carbons (Fsp3) is 0.867. The van der Waals surface area contributed by atoms with Gasteiger partial charge in [0.05, 0.1) is 4.99 Å². The number of carbonyl (C=O) groups excluding carboxylic acids is 1. The molecule has 1 aliphatic rings. The first-order chi connectivity index (χ1) is 9.49. The van der Waals surface area contributed by atoms with Crippen LogP contribution in [0.2, 0.25) is 0 Å². The fourth-order valence-corrected chi connectivity index (χ4v) is 2.92. The van der Waals surface area contributed by atoms with Gasteiger partial charge in [0.1, 0.15) is 5.41 Å². The Balaban J connectivity index is 2.96. The van der Waals surface area contributed by atoms with Crippen molar-refractivity contribution in [2.24, 2.45) is 11.1 Å². The van der Waals surface area contributed by atoms with E-state index in [0.29, 0.717) is 31.0 Å². The van der Waals surface area contributed by atoms with Gasteiger partial charge in [0.25, 0.3) is 0 Å². The predicted molar refractivity (Wildman–Crippen MR) is 85.6 cm³/mol. The van der Waals surface area contributed by atoms with Gasteiger partial charge in [-0.15, -0.1) is 0 Å². The van der Waals surface area contributed by atoms with Gasteiger partial charge in [-0.2, -0.15) is 0 Å². The number of hydrogen-bond donors (Lipinski definition) is 1. The Morgan fingerprint density at radius 2 is 2.00 bits per heavy atom. The minimum Gasteiger partial charge on any atom is -0.392 e. The van der Waals surface area contributed by atoms with Crippen molar-refractivity contribution >= 4 is 23.1 Å². The minimum absolute atomic E-state index is 0.108. The first-order valence-electron chi connectivity index (χ1n) is 7.68. The third kappa shape index (κ3) is 3.70. The van der Waals surface area contributed by atoms with Gasteiger partial charge in [0.15, 0.2) is 0 Å². The van der Waals surface area contributed by atoms with Gasteiger partial charge in [0.2, 0.25) is 5.91 Å². The van der Waals surface area contributed by atoms with Crippen LogP contribution in [0.1, 0.15) is 52.9 Å². The quantitative estimate of drug-likeness (QED) is 0.734. The zero-order valence-electron chi connectivity index (χ0n) is 13.0. The van der Waals surface area contributed by atoms with Crippen molar-refractivity contribution in [3.8, 4) is 0 Å². The van der Waals surface area contributed by atoms with Crippen molar-refractivity contribution in [1.82, 2.24) is 4.90 Å². The summed E-state index contributed by atoms with van der Waals surface area (Å²) in [4.78, 5) is 15.4. The summed E-state index contributed by atoms with van der Waals surface area (Å²) < 4.78 is 5.39. The molecule has 0 spiro atoms. The Bertz CT molecular complexity index is 341. The lowest BCUT2D eigenvalue weighted by molar-refractivity contribution is -0.144. The second-order valence-electron chi connectivity index (χ2n) is 5.67. The first kappa shape index (κ1) is 17.4. The van der Waals surface area contributed by atoms with Crippen LogP contribution >= 0.6 is 12.2 Å². The highest BCUT2D eigenvalue weighted by molar-refractivity contribution is 7.80. The minimum atomic E-state index is -0.690. The monoisotopic (exact) mass is 300 g/mol. The summed E-state index contributed by atoms with van der Waals surface area (Å²) in [6, 6.07) is 0.225. The Kier molecular flexibility index (Phi) is 6.89. The lowest BCUT2D eigenvalue weighted by atomic mass is 9.78. The molecule has 1 heterocycles. The third-order valence-electron chi connectivity index (χ3n) is 4.36. The van der Waals surface area contributed by atoms with E-state index in [1.165, 1.54) is 0 Å². The van der Waals surface area contributed by atoms with Gasteiger partial charge in [-0.1, -0.05) is 32.5 Å². The van der Waals surface area contributed by atoms with E-state index in [4.69, 9.17) is 22.7 Å². The summed E-state index contributed by atoms with van der Waals surface area (Å²) in [5.41, 5.74) is 5.25. The number of nitrogens with two attached hydrogens (primary N) is 1. The molecule has 1 atom stereocenters. The molecule has 0 aromatic heterocycles.